The van der Waals surface area contributed by atoms with Crippen molar-refractivity contribution in [2.24, 2.45) is 0 Å². The number of sulfonamides is 1. The molecule has 0 fully saturated rings. The molecule has 0 aliphatic carbocycles. The highest BCUT2D eigenvalue weighted by Crippen LogP contribution is 2.30. The Bertz CT molecular complexity index is 827. The second kappa shape index (κ2) is 5.35. The Morgan fingerprint density at radius 1 is 1.29 bits per heavy atom. The van der Waals surface area contributed by atoms with Crippen molar-refractivity contribution in [2.75, 3.05) is 4.72 Å². The number of thiophene rings is 1. The fraction of sp³-hybridized carbons (Fsp3) is 0.100. The Kier molecular flexibility index (Phi) is 4.04. The van der Waals surface area contributed by atoms with E-state index in [2.05, 4.69) is 0 Å². The molecule has 0 saturated carbocycles. The van der Waals surface area contributed by atoms with Gasteiger partial charge in [-0.1, -0.05) is 11.6 Å². The molecular formula is C10H6ClF3N2O3S2. The molecule has 11 heteroatoms. The molecule has 0 aromatic carbocycles. The molecule has 0 bridgehead atoms. The fourth-order valence-corrected chi connectivity index (χ4v) is 3.90. The van der Waals surface area contributed by atoms with Crippen LogP contribution in [-0.2, 0) is 16.2 Å². The molecule has 0 saturated heterocycles. The zero-order chi connectivity index (χ0) is 15.8. The molecule has 0 spiro atoms. The monoisotopic (exact) mass is 358 g/mol. The normalized spacial score (nSPS) is 12.4. The summed E-state index contributed by atoms with van der Waals surface area (Å²) in [7, 11) is -4.18. The maximum atomic E-state index is 12.5. The Hall–Kier alpha value is -1.52. The van der Waals surface area contributed by atoms with Gasteiger partial charge in [-0.3, -0.25) is 9.52 Å². The summed E-state index contributed by atoms with van der Waals surface area (Å²) >= 11 is 6.31. The molecule has 5 nitrogen and oxygen atoms in total. The van der Waals surface area contributed by atoms with Crippen LogP contribution >= 0.6 is 22.9 Å². The SMILES string of the molecule is O=c1[nH]cc(C(F)(F)F)cc1NS(=O)(=O)c1ccc(Cl)s1. The number of nitrogens with one attached hydrogen (secondary N) is 2. The average molecular weight is 359 g/mol. The third-order valence-corrected chi connectivity index (χ3v) is 5.38. The van der Waals surface area contributed by atoms with E-state index in [0.29, 0.717) is 23.6 Å². The highest BCUT2D eigenvalue weighted by Gasteiger charge is 2.32. The minimum Gasteiger partial charge on any atom is -0.327 e. The van der Waals surface area contributed by atoms with Crippen LogP contribution < -0.4 is 10.3 Å². The zero-order valence-corrected chi connectivity index (χ0v) is 12.3. The predicted octanol–water partition coefficient (Wildman–Crippen LogP) is 2.91. The van der Waals surface area contributed by atoms with Crippen LogP contribution in [0.2, 0.25) is 4.34 Å². The standard InChI is InChI=1S/C10H6ClF3N2O3S2/c11-7-1-2-8(20-7)21(18,19)16-6-3-5(10(12,13)14)4-15-9(6)17/h1-4,16H,(H,15,17). The van der Waals surface area contributed by atoms with Crippen LogP contribution in [-0.4, -0.2) is 13.4 Å². The van der Waals surface area contributed by atoms with Crippen LogP contribution in [0.25, 0.3) is 0 Å². The number of aromatic amines is 1. The van der Waals surface area contributed by atoms with E-state index in [-0.39, 0.29) is 8.55 Å². The molecule has 2 heterocycles. The highest BCUT2D eigenvalue weighted by molar-refractivity contribution is 7.94. The Labute approximate surface area is 125 Å². The number of anilines is 1. The molecule has 0 amide bonds. The van der Waals surface area contributed by atoms with Crippen LogP contribution in [0.15, 0.2) is 33.4 Å². The van der Waals surface area contributed by atoms with Gasteiger partial charge < -0.3 is 4.98 Å². The van der Waals surface area contributed by atoms with Gasteiger partial charge in [0.05, 0.1) is 9.90 Å². The second-order valence-corrected chi connectivity index (χ2v) is 7.42. The van der Waals surface area contributed by atoms with Crippen molar-refractivity contribution in [1.82, 2.24) is 4.98 Å². The van der Waals surface area contributed by atoms with Gasteiger partial charge in [-0.2, -0.15) is 13.2 Å². The molecule has 2 rings (SSSR count). The van der Waals surface area contributed by atoms with Crippen LogP contribution in [0.1, 0.15) is 5.56 Å². The van der Waals surface area contributed by atoms with E-state index in [1.807, 2.05) is 9.71 Å². The van der Waals surface area contributed by atoms with Crippen molar-refractivity contribution < 1.29 is 21.6 Å². The van der Waals surface area contributed by atoms with Crippen molar-refractivity contribution >= 4 is 38.6 Å². The maximum absolute atomic E-state index is 12.5. The van der Waals surface area contributed by atoms with Gasteiger partial charge in [0.2, 0.25) is 0 Å². The maximum Gasteiger partial charge on any atom is 0.417 e. The smallest absolute Gasteiger partial charge is 0.327 e. The lowest BCUT2D eigenvalue weighted by Gasteiger charge is -2.09. The third kappa shape index (κ3) is 3.57. The first-order valence-electron chi connectivity index (χ1n) is 5.18. The molecule has 0 aliphatic heterocycles. The van der Waals surface area contributed by atoms with E-state index in [1.54, 1.807) is 0 Å². The van der Waals surface area contributed by atoms with E-state index in [1.165, 1.54) is 12.1 Å². The Morgan fingerprint density at radius 2 is 1.95 bits per heavy atom. The van der Waals surface area contributed by atoms with E-state index >= 15 is 0 Å². The summed E-state index contributed by atoms with van der Waals surface area (Å²) in [5, 5.41) is 0. The number of halogens is 4. The molecular weight excluding hydrogens is 353 g/mol. The largest absolute Gasteiger partial charge is 0.417 e. The molecule has 2 aromatic heterocycles. The van der Waals surface area contributed by atoms with Crippen molar-refractivity contribution in [3.05, 3.63) is 44.6 Å². The molecule has 21 heavy (non-hydrogen) atoms. The Balaban J connectivity index is 2.42. The number of pyridine rings is 1. The summed E-state index contributed by atoms with van der Waals surface area (Å²) in [4.78, 5) is 13.3. The predicted molar refractivity (Wildman–Crippen MR) is 72.2 cm³/mol. The van der Waals surface area contributed by atoms with Crippen LogP contribution in [0, 0.1) is 0 Å². The number of aromatic nitrogens is 1. The van der Waals surface area contributed by atoms with Gasteiger partial charge in [-0.15, -0.1) is 11.3 Å². The van der Waals surface area contributed by atoms with E-state index in [4.69, 9.17) is 11.6 Å². The minimum atomic E-state index is -4.71. The van der Waals surface area contributed by atoms with Crippen LogP contribution in [0.3, 0.4) is 0 Å². The molecule has 0 atom stereocenters. The number of H-pyrrole nitrogens is 1. The van der Waals surface area contributed by atoms with Gasteiger partial charge in [0.25, 0.3) is 15.6 Å². The molecule has 2 aromatic rings. The van der Waals surface area contributed by atoms with Crippen LogP contribution in [0.4, 0.5) is 18.9 Å². The van der Waals surface area contributed by atoms with Gasteiger partial charge in [0, 0.05) is 6.20 Å². The third-order valence-electron chi connectivity index (χ3n) is 2.29. The lowest BCUT2D eigenvalue weighted by atomic mass is 10.2. The van der Waals surface area contributed by atoms with Crippen molar-refractivity contribution in [3.8, 4) is 0 Å². The Morgan fingerprint density at radius 3 is 2.48 bits per heavy atom. The van der Waals surface area contributed by atoms with Gasteiger partial charge >= 0.3 is 6.18 Å². The first-order chi connectivity index (χ1) is 9.59. The second-order valence-electron chi connectivity index (χ2n) is 3.79. The van der Waals surface area contributed by atoms with E-state index < -0.39 is 33.0 Å². The number of hydrogen-bond donors (Lipinski definition) is 2. The zero-order valence-electron chi connectivity index (χ0n) is 9.86. The topological polar surface area (TPSA) is 79.0 Å². The van der Waals surface area contributed by atoms with Crippen molar-refractivity contribution in [1.29, 1.82) is 0 Å². The summed E-state index contributed by atoms with van der Waals surface area (Å²) in [6.45, 7) is 0. The van der Waals surface area contributed by atoms with Crippen molar-refractivity contribution in [2.45, 2.75) is 10.4 Å². The summed E-state index contributed by atoms with van der Waals surface area (Å²) in [6.07, 6.45) is -4.25. The van der Waals surface area contributed by atoms with E-state index in [0.717, 1.165) is 0 Å². The van der Waals surface area contributed by atoms with Gasteiger partial charge in [-0.05, 0) is 18.2 Å². The highest BCUT2D eigenvalue weighted by atomic mass is 35.5. The number of alkyl halides is 3. The molecule has 0 aliphatic rings. The van der Waals surface area contributed by atoms with Gasteiger partial charge in [0.1, 0.15) is 9.90 Å². The van der Waals surface area contributed by atoms with Crippen molar-refractivity contribution in [3.63, 3.8) is 0 Å². The average Bonchev–Trinajstić information content (AvgIpc) is 2.78. The molecule has 2 N–H and O–H groups in total. The van der Waals surface area contributed by atoms with Gasteiger partial charge in [-0.25, -0.2) is 8.42 Å². The molecule has 0 unspecified atom stereocenters. The summed E-state index contributed by atoms with van der Waals surface area (Å²) < 4.78 is 63.3. The lowest BCUT2D eigenvalue weighted by Crippen LogP contribution is -2.21. The molecule has 114 valence electrons. The lowest BCUT2D eigenvalue weighted by molar-refractivity contribution is -0.137. The summed E-state index contributed by atoms with van der Waals surface area (Å²) in [5.74, 6) is 0. The molecule has 0 radical (unpaired) electrons. The first-order valence-corrected chi connectivity index (χ1v) is 7.85. The van der Waals surface area contributed by atoms with E-state index in [9.17, 15) is 26.4 Å². The van der Waals surface area contributed by atoms with Crippen LogP contribution in [0.5, 0.6) is 0 Å². The fourth-order valence-electron chi connectivity index (χ4n) is 1.36. The van der Waals surface area contributed by atoms with Gasteiger partial charge in [0.15, 0.2) is 0 Å². The minimum absolute atomic E-state index is 0.188. The quantitative estimate of drug-likeness (QED) is 0.885. The first kappa shape index (κ1) is 15.9. The summed E-state index contributed by atoms with van der Waals surface area (Å²) in [5.41, 5.74) is -2.90. The number of rotatable bonds is 3. The summed E-state index contributed by atoms with van der Waals surface area (Å²) in [6, 6.07) is 2.92. The number of hydrogen-bond acceptors (Lipinski definition) is 4.